The standard InChI is InChI=1S/C21H20N2O3/c1-25-16-9-6-13-10-14(12-26-19(13)11-16)20-22-18-5-3-2-4-17(18)21(24)23(20)15-7-8-15/h2-6,9-11,15,20,22H,7-8,12H2,1H3. The fraction of sp³-hybridized carbons (Fsp3) is 0.286. The SMILES string of the molecule is COc1ccc2c(c1)OCC(C1Nc3ccccc3C(=O)N1C1CC1)=C2. The second kappa shape index (κ2) is 5.80. The molecule has 0 saturated heterocycles. The number of ether oxygens (including phenoxy) is 2. The largest absolute Gasteiger partial charge is 0.497 e. The van der Waals surface area contributed by atoms with Crippen LogP contribution in [0.1, 0.15) is 28.8 Å². The summed E-state index contributed by atoms with van der Waals surface area (Å²) >= 11 is 0. The monoisotopic (exact) mass is 348 g/mol. The molecule has 2 heterocycles. The van der Waals surface area contributed by atoms with Gasteiger partial charge in [0.05, 0.1) is 12.7 Å². The first-order valence-corrected chi connectivity index (χ1v) is 8.94. The van der Waals surface area contributed by atoms with E-state index in [2.05, 4.69) is 11.4 Å². The van der Waals surface area contributed by atoms with Gasteiger partial charge < -0.3 is 19.7 Å². The summed E-state index contributed by atoms with van der Waals surface area (Å²) in [5, 5.41) is 3.55. The van der Waals surface area contributed by atoms with E-state index in [0.29, 0.717) is 12.6 Å². The lowest BCUT2D eigenvalue weighted by atomic mass is 10.00. The van der Waals surface area contributed by atoms with Crippen LogP contribution >= 0.6 is 0 Å². The van der Waals surface area contributed by atoms with Crippen LogP contribution in [0.4, 0.5) is 5.69 Å². The average Bonchev–Trinajstić information content (AvgIpc) is 3.52. The Balaban J connectivity index is 1.54. The van der Waals surface area contributed by atoms with Crippen molar-refractivity contribution in [3.63, 3.8) is 0 Å². The molecule has 0 spiro atoms. The summed E-state index contributed by atoms with van der Waals surface area (Å²) in [5.41, 5.74) is 3.72. The Morgan fingerprint density at radius 2 is 2.04 bits per heavy atom. The lowest BCUT2D eigenvalue weighted by molar-refractivity contribution is 0.0688. The van der Waals surface area contributed by atoms with E-state index >= 15 is 0 Å². The molecule has 1 N–H and O–H groups in total. The predicted molar refractivity (Wildman–Crippen MR) is 99.5 cm³/mol. The van der Waals surface area contributed by atoms with Crippen molar-refractivity contribution in [2.45, 2.75) is 25.0 Å². The molecule has 2 aromatic carbocycles. The van der Waals surface area contributed by atoms with Crippen molar-refractivity contribution >= 4 is 17.7 Å². The minimum atomic E-state index is -0.167. The molecular formula is C21H20N2O3. The molecule has 5 heteroatoms. The summed E-state index contributed by atoms with van der Waals surface area (Å²) in [5.74, 6) is 1.70. The molecule has 2 aliphatic heterocycles. The van der Waals surface area contributed by atoms with Gasteiger partial charge in [0.1, 0.15) is 24.3 Å². The van der Waals surface area contributed by atoms with E-state index in [1.165, 1.54) is 0 Å². The van der Waals surface area contributed by atoms with Crippen molar-refractivity contribution in [1.29, 1.82) is 0 Å². The summed E-state index contributed by atoms with van der Waals surface area (Å²) in [6.07, 6.45) is 4.09. The predicted octanol–water partition coefficient (Wildman–Crippen LogP) is 3.53. The van der Waals surface area contributed by atoms with Gasteiger partial charge in [-0.3, -0.25) is 4.79 Å². The highest BCUT2D eigenvalue weighted by molar-refractivity contribution is 6.02. The molecule has 0 aromatic heterocycles. The Bertz CT molecular complexity index is 917. The van der Waals surface area contributed by atoms with E-state index in [-0.39, 0.29) is 12.1 Å². The van der Waals surface area contributed by atoms with Crippen LogP contribution in [0.3, 0.4) is 0 Å². The van der Waals surface area contributed by atoms with Crippen LogP contribution in [0.5, 0.6) is 11.5 Å². The number of para-hydroxylation sites is 1. The molecule has 1 saturated carbocycles. The number of fused-ring (bicyclic) bond motifs is 2. The molecule has 132 valence electrons. The second-order valence-corrected chi connectivity index (χ2v) is 6.95. The molecule has 26 heavy (non-hydrogen) atoms. The van der Waals surface area contributed by atoms with Crippen molar-refractivity contribution in [3.8, 4) is 11.5 Å². The fourth-order valence-electron chi connectivity index (χ4n) is 3.72. The van der Waals surface area contributed by atoms with E-state index in [4.69, 9.17) is 9.47 Å². The first-order chi connectivity index (χ1) is 12.7. The summed E-state index contributed by atoms with van der Waals surface area (Å²) in [6.45, 7) is 0.455. The number of hydrogen-bond donors (Lipinski definition) is 1. The van der Waals surface area contributed by atoms with Gasteiger partial charge in [0, 0.05) is 28.9 Å². The Kier molecular flexibility index (Phi) is 3.42. The number of hydrogen-bond acceptors (Lipinski definition) is 4. The number of methoxy groups -OCH3 is 1. The Hall–Kier alpha value is -2.95. The van der Waals surface area contributed by atoms with Crippen molar-refractivity contribution in [1.82, 2.24) is 4.90 Å². The molecule has 1 atom stereocenters. The third kappa shape index (κ3) is 2.43. The highest BCUT2D eigenvalue weighted by atomic mass is 16.5. The lowest BCUT2D eigenvalue weighted by Gasteiger charge is -2.40. The van der Waals surface area contributed by atoms with E-state index in [1.54, 1.807) is 7.11 Å². The van der Waals surface area contributed by atoms with Gasteiger partial charge in [0.2, 0.25) is 0 Å². The summed E-state index contributed by atoms with van der Waals surface area (Å²) < 4.78 is 11.2. The molecule has 5 nitrogen and oxygen atoms in total. The Morgan fingerprint density at radius 1 is 1.19 bits per heavy atom. The fourth-order valence-corrected chi connectivity index (χ4v) is 3.72. The minimum absolute atomic E-state index is 0.105. The van der Waals surface area contributed by atoms with Gasteiger partial charge in [-0.05, 0) is 43.2 Å². The van der Waals surface area contributed by atoms with Gasteiger partial charge in [-0.15, -0.1) is 0 Å². The molecule has 1 fully saturated rings. The quantitative estimate of drug-likeness (QED) is 0.922. The van der Waals surface area contributed by atoms with Gasteiger partial charge in [-0.1, -0.05) is 12.1 Å². The topological polar surface area (TPSA) is 50.8 Å². The summed E-state index contributed by atoms with van der Waals surface area (Å²) in [4.78, 5) is 15.1. The van der Waals surface area contributed by atoms with Gasteiger partial charge in [0.15, 0.2) is 0 Å². The van der Waals surface area contributed by atoms with Gasteiger partial charge in [-0.2, -0.15) is 0 Å². The third-order valence-corrected chi connectivity index (χ3v) is 5.21. The molecule has 0 radical (unpaired) electrons. The molecule has 3 aliphatic rings. The lowest BCUT2D eigenvalue weighted by Crippen LogP contribution is -2.51. The minimum Gasteiger partial charge on any atom is -0.497 e. The van der Waals surface area contributed by atoms with E-state index < -0.39 is 0 Å². The smallest absolute Gasteiger partial charge is 0.258 e. The molecule has 5 rings (SSSR count). The number of anilines is 1. The van der Waals surface area contributed by atoms with Crippen LogP contribution < -0.4 is 14.8 Å². The molecule has 0 bridgehead atoms. The van der Waals surface area contributed by atoms with Crippen LogP contribution in [-0.4, -0.2) is 36.7 Å². The first kappa shape index (κ1) is 15.3. The highest BCUT2D eigenvalue weighted by Gasteiger charge is 2.43. The van der Waals surface area contributed by atoms with Crippen molar-refractivity contribution in [2.24, 2.45) is 0 Å². The van der Waals surface area contributed by atoms with Crippen molar-refractivity contribution in [2.75, 3.05) is 19.0 Å². The summed E-state index contributed by atoms with van der Waals surface area (Å²) in [7, 11) is 1.65. The van der Waals surface area contributed by atoms with E-state index in [1.807, 2.05) is 47.4 Å². The zero-order valence-electron chi connectivity index (χ0n) is 14.6. The number of nitrogens with one attached hydrogen (secondary N) is 1. The van der Waals surface area contributed by atoms with Crippen LogP contribution in [0, 0.1) is 0 Å². The molecule has 1 aliphatic carbocycles. The average molecular weight is 348 g/mol. The maximum absolute atomic E-state index is 13.1. The van der Waals surface area contributed by atoms with Crippen LogP contribution in [0.15, 0.2) is 48.0 Å². The van der Waals surface area contributed by atoms with Crippen LogP contribution in [-0.2, 0) is 0 Å². The third-order valence-electron chi connectivity index (χ3n) is 5.21. The normalized spacial score (nSPS) is 21.1. The zero-order chi connectivity index (χ0) is 17.7. The maximum Gasteiger partial charge on any atom is 0.258 e. The first-order valence-electron chi connectivity index (χ1n) is 8.94. The number of carbonyl (C=O) groups is 1. The van der Waals surface area contributed by atoms with E-state index in [9.17, 15) is 4.79 Å². The maximum atomic E-state index is 13.1. The highest BCUT2D eigenvalue weighted by Crippen LogP contribution is 2.39. The number of amides is 1. The van der Waals surface area contributed by atoms with Crippen molar-refractivity contribution < 1.29 is 14.3 Å². The second-order valence-electron chi connectivity index (χ2n) is 6.95. The number of nitrogens with zero attached hydrogens (tertiary/aromatic N) is 1. The Morgan fingerprint density at radius 3 is 2.85 bits per heavy atom. The number of rotatable bonds is 3. The van der Waals surface area contributed by atoms with Gasteiger partial charge in [-0.25, -0.2) is 0 Å². The molecule has 2 aromatic rings. The zero-order valence-corrected chi connectivity index (χ0v) is 14.6. The molecule has 1 unspecified atom stereocenters. The van der Waals surface area contributed by atoms with Crippen molar-refractivity contribution in [3.05, 3.63) is 59.2 Å². The van der Waals surface area contributed by atoms with E-state index in [0.717, 1.165) is 46.7 Å². The molecule has 1 amide bonds. The number of benzene rings is 2. The summed E-state index contributed by atoms with van der Waals surface area (Å²) in [6, 6.07) is 13.9. The number of carbonyl (C=O) groups excluding carboxylic acids is 1. The van der Waals surface area contributed by atoms with Gasteiger partial charge in [0.25, 0.3) is 5.91 Å². The molecular weight excluding hydrogens is 328 g/mol. The van der Waals surface area contributed by atoms with Crippen LogP contribution in [0.2, 0.25) is 0 Å². The van der Waals surface area contributed by atoms with Crippen LogP contribution in [0.25, 0.3) is 6.08 Å². The Labute approximate surface area is 152 Å². The van der Waals surface area contributed by atoms with Gasteiger partial charge >= 0.3 is 0 Å².